The van der Waals surface area contributed by atoms with Crippen LogP contribution >= 0.6 is 11.3 Å². The summed E-state index contributed by atoms with van der Waals surface area (Å²) in [6.45, 7) is 6.49. The van der Waals surface area contributed by atoms with Gasteiger partial charge in [-0.25, -0.2) is 0 Å². The van der Waals surface area contributed by atoms with Gasteiger partial charge in [-0.05, 0) is 50.1 Å². The lowest BCUT2D eigenvalue weighted by atomic mass is 10.0. The Morgan fingerprint density at radius 3 is 2.95 bits per heavy atom. The highest BCUT2D eigenvalue weighted by Gasteiger charge is 2.12. The molecule has 4 heteroatoms. The lowest BCUT2D eigenvalue weighted by Gasteiger charge is -2.16. The van der Waals surface area contributed by atoms with Crippen molar-refractivity contribution in [3.05, 3.63) is 40.3 Å². The molecule has 0 fully saturated rings. The van der Waals surface area contributed by atoms with Crippen LogP contribution < -0.4 is 5.32 Å². The molecule has 1 atom stereocenters. The molecule has 0 radical (unpaired) electrons. The van der Waals surface area contributed by atoms with Crippen LogP contribution in [0, 0.1) is 0 Å². The summed E-state index contributed by atoms with van der Waals surface area (Å²) in [7, 11) is 0. The van der Waals surface area contributed by atoms with Gasteiger partial charge in [-0.3, -0.25) is 4.68 Å². The molecule has 2 aromatic heterocycles. The van der Waals surface area contributed by atoms with Crippen molar-refractivity contribution in [1.29, 1.82) is 0 Å². The van der Waals surface area contributed by atoms with E-state index in [0.717, 1.165) is 19.5 Å². The molecule has 116 valence electrons. The van der Waals surface area contributed by atoms with E-state index < -0.39 is 0 Å². The summed E-state index contributed by atoms with van der Waals surface area (Å²) in [5.41, 5.74) is 1.34. The summed E-state index contributed by atoms with van der Waals surface area (Å²) in [5, 5.41) is 10.3. The summed E-state index contributed by atoms with van der Waals surface area (Å²) in [6.07, 6.45) is 10.1. The van der Waals surface area contributed by atoms with E-state index in [1.165, 1.54) is 36.1 Å². The second kappa shape index (κ2) is 9.00. The first kappa shape index (κ1) is 16.2. The predicted octanol–water partition coefficient (Wildman–Crippen LogP) is 4.42. The van der Waals surface area contributed by atoms with Gasteiger partial charge in [-0.15, -0.1) is 11.3 Å². The Morgan fingerprint density at radius 1 is 1.33 bits per heavy atom. The molecule has 2 heterocycles. The Morgan fingerprint density at radius 2 is 2.24 bits per heavy atom. The number of nitrogens with one attached hydrogen (secondary N) is 1. The Bertz CT molecular complexity index is 490. The van der Waals surface area contributed by atoms with Crippen molar-refractivity contribution in [3.8, 4) is 0 Å². The number of aryl methyl sites for hydroxylation is 2. The van der Waals surface area contributed by atoms with Gasteiger partial charge in [-0.2, -0.15) is 5.10 Å². The summed E-state index contributed by atoms with van der Waals surface area (Å²) in [6, 6.07) is 4.82. The van der Waals surface area contributed by atoms with Crippen LogP contribution in [0.1, 0.15) is 56.0 Å². The molecule has 2 rings (SSSR count). The van der Waals surface area contributed by atoms with Crippen molar-refractivity contribution in [2.45, 2.75) is 58.5 Å². The van der Waals surface area contributed by atoms with Gasteiger partial charge in [0.15, 0.2) is 0 Å². The zero-order valence-corrected chi connectivity index (χ0v) is 14.0. The minimum absolute atomic E-state index is 0.440. The molecule has 1 unspecified atom stereocenters. The summed E-state index contributed by atoms with van der Waals surface area (Å²) in [4.78, 5) is 1.49. The van der Waals surface area contributed by atoms with Crippen molar-refractivity contribution < 1.29 is 0 Å². The predicted molar refractivity (Wildman–Crippen MR) is 90.8 cm³/mol. The molecule has 0 aliphatic heterocycles. The summed E-state index contributed by atoms with van der Waals surface area (Å²) < 4.78 is 2.06. The van der Waals surface area contributed by atoms with Crippen molar-refractivity contribution in [1.82, 2.24) is 15.1 Å². The molecule has 0 aliphatic rings. The van der Waals surface area contributed by atoms with E-state index in [4.69, 9.17) is 0 Å². The number of hydrogen-bond acceptors (Lipinski definition) is 3. The zero-order valence-electron chi connectivity index (χ0n) is 13.2. The summed E-state index contributed by atoms with van der Waals surface area (Å²) >= 11 is 1.86. The van der Waals surface area contributed by atoms with E-state index >= 15 is 0 Å². The lowest BCUT2D eigenvalue weighted by Crippen LogP contribution is -2.22. The molecular formula is C17H27N3S. The van der Waals surface area contributed by atoms with Gasteiger partial charge in [0.1, 0.15) is 0 Å². The Hall–Kier alpha value is -1.13. The molecule has 0 amide bonds. The minimum atomic E-state index is 0.440. The number of nitrogens with zero attached hydrogens (tertiary/aromatic N) is 2. The van der Waals surface area contributed by atoms with Gasteiger partial charge in [0.05, 0.1) is 6.20 Å². The second-order valence-corrected chi connectivity index (χ2v) is 6.55. The van der Waals surface area contributed by atoms with Crippen molar-refractivity contribution in [2.24, 2.45) is 0 Å². The monoisotopic (exact) mass is 305 g/mol. The molecule has 0 spiro atoms. The number of aromatic nitrogens is 2. The third kappa shape index (κ3) is 5.29. The normalized spacial score (nSPS) is 12.7. The van der Waals surface area contributed by atoms with Crippen LogP contribution in [0.4, 0.5) is 0 Å². The lowest BCUT2D eigenvalue weighted by molar-refractivity contribution is 0.484. The van der Waals surface area contributed by atoms with Crippen LogP contribution in [0.15, 0.2) is 29.9 Å². The first-order valence-corrected chi connectivity index (χ1v) is 8.99. The average Bonchev–Trinajstić information content (AvgIpc) is 3.14. The third-order valence-electron chi connectivity index (χ3n) is 3.65. The van der Waals surface area contributed by atoms with Gasteiger partial charge in [-0.1, -0.05) is 19.9 Å². The van der Waals surface area contributed by atoms with Crippen LogP contribution in [-0.2, 0) is 13.0 Å². The molecule has 0 bridgehead atoms. The van der Waals surface area contributed by atoms with Gasteiger partial charge in [0.2, 0.25) is 0 Å². The SMILES string of the molecule is CCCNC(CCCc1cccs1)c1cnn(CCC)c1. The minimum Gasteiger partial charge on any atom is -0.310 e. The molecule has 0 saturated carbocycles. The number of hydrogen-bond donors (Lipinski definition) is 1. The Labute approximate surface area is 132 Å². The summed E-state index contributed by atoms with van der Waals surface area (Å²) in [5.74, 6) is 0. The molecule has 2 aromatic rings. The zero-order chi connectivity index (χ0) is 14.9. The van der Waals surface area contributed by atoms with E-state index in [1.54, 1.807) is 0 Å². The van der Waals surface area contributed by atoms with E-state index in [9.17, 15) is 0 Å². The smallest absolute Gasteiger partial charge is 0.0537 e. The van der Waals surface area contributed by atoms with E-state index in [2.05, 4.69) is 52.7 Å². The fraction of sp³-hybridized carbons (Fsp3) is 0.588. The highest BCUT2D eigenvalue weighted by molar-refractivity contribution is 7.09. The van der Waals surface area contributed by atoms with Crippen molar-refractivity contribution >= 4 is 11.3 Å². The highest BCUT2D eigenvalue weighted by Crippen LogP contribution is 2.21. The van der Waals surface area contributed by atoms with Gasteiger partial charge in [0.25, 0.3) is 0 Å². The quantitative estimate of drug-likeness (QED) is 0.704. The first-order chi connectivity index (χ1) is 10.3. The van der Waals surface area contributed by atoms with Crippen LogP contribution in [0.3, 0.4) is 0 Å². The van der Waals surface area contributed by atoms with Gasteiger partial charge in [0, 0.05) is 29.2 Å². The Balaban J connectivity index is 1.89. The maximum absolute atomic E-state index is 4.47. The molecule has 3 nitrogen and oxygen atoms in total. The van der Waals surface area contributed by atoms with Crippen molar-refractivity contribution in [3.63, 3.8) is 0 Å². The fourth-order valence-electron chi connectivity index (χ4n) is 2.55. The number of thiophene rings is 1. The maximum Gasteiger partial charge on any atom is 0.0537 e. The molecular weight excluding hydrogens is 278 g/mol. The van der Waals surface area contributed by atoms with Crippen LogP contribution in [0.25, 0.3) is 0 Å². The standard InChI is InChI=1S/C17H27N3S/c1-3-10-18-17(9-5-7-16-8-6-12-21-16)15-13-19-20(14-15)11-4-2/h6,8,12-14,17-18H,3-5,7,9-11H2,1-2H3. The average molecular weight is 305 g/mol. The van der Waals surface area contributed by atoms with E-state index in [1.807, 2.05) is 17.5 Å². The second-order valence-electron chi connectivity index (χ2n) is 5.52. The fourth-order valence-corrected chi connectivity index (χ4v) is 3.30. The van der Waals surface area contributed by atoms with E-state index in [0.29, 0.717) is 6.04 Å². The topological polar surface area (TPSA) is 29.9 Å². The first-order valence-electron chi connectivity index (χ1n) is 8.11. The van der Waals surface area contributed by atoms with Crippen LogP contribution in [0.5, 0.6) is 0 Å². The van der Waals surface area contributed by atoms with E-state index in [-0.39, 0.29) is 0 Å². The largest absolute Gasteiger partial charge is 0.310 e. The Kier molecular flexibility index (Phi) is 6.96. The maximum atomic E-state index is 4.47. The molecule has 21 heavy (non-hydrogen) atoms. The van der Waals surface area contributed by atoms with Crippen LogP contribution in [0.2, 0.25) is 0 Å². The number of rotatable bonds is 10. The van der Waals surface area contributed by atoms with Crippen LogP contribution in [-0.4, -0.2) is 16.3 Å². The molecule has 0 aliphatic carbocycles. The molecule has 1 N–H and O–H groups in total. The van der Waals surface area contributed by atoms with Crippen molar-refractivity contribution in [2.75, 3.05) is 6.54 Å². The van der Waals surface area contributed by atoms with Gasteiger partial charge < -0.3 is 5.32 Å². The highest BCUT2D eigenvalue weighted by atomic mass is 32.1. The van der Waals surface area contributed by atoms with Gasteiger partial charge >= 0.3 is 0 Å². The molecule has 0 saturated heterocycles. The molecule has 0 aromatic carbocycles. The third-order valence-corrected chi connectivity index (χ3v) is 4.58.